The zero-order valence-electron chi connectivity index (χ0n) is 11.4. The van der Waals surface area contributed by atoms with Gasteiger partial charge in [0.15, 0.2) is 0 Å². The molecular weight excluding hydrogens is 204 g/mol. The molecule has 0 bridgehead atoms. The first kappa shape index (κ1) is 13.5. The molecule has 0 aliphatic rings. The maximum Gasteiger partial charge on any atom is -0.00289 e. The van der Waals surface area contributed by atoms with Crippen molar-refractivity contribution in [3.8, 4) is 0 Å². The van der Waals surface area contributed by atoms with Gasteiger partial charge in [-0.15, -0.1) is 0 Å². The summed E-state index contributed by atoms with van der Waals surface area (Å²) < 4.78 is 0. The molecule has 1 rings (SSSR count). The summed E-state index contributed by atoms with van der Waals surface area (Å²) in [5.41, 5.74) is 6.48. The summed E-state index contributed by atoms with van der Waals surface area (Å²) in [5, 5.41) is 0. The number of hydrogen-bond acceptors (Lipinski definition) is 0. The second-order valence-electron chi connectivity index (χ2n) is 4.57. The molecule has 0 saturated heterocycles. The largest absolute Gasteiger partial charge is 0.0952 e. The molecule has 0 amide bonds. The van der Waals surface area contributed by atoms with Crippen LogP contribution in [0.4, 0.5) is 0 Å². The van der Waals surface area contributed by atoms with Crippen LogP contribution in [0, 0.1) is 13.8 Å². The third-order valence-electron chi connectivity index (χ3n) is 3.09. The summed E-state index contributed by atoms with van der Waals surface area (Å²) in [6.45, 7) is 12.6. The van der Waals surface area contributed by atoms with E-state index in [9.17, 15) is 0 Å². The van der Waals surface area contributed by atoms with Gasteiger partial charge in [-0.05, 0) is 62.0 Å². The van der Waals surface area contributed by atoms with Gasteiger partial charge in [0.05, 0.1) is 0 Å². The van der Waals surface area contributed by atoms with Gasteiger partial charge in [0.1, 0.15) is 0 Å². The lowest BCUT2D eigenvalue weighted by atomic mass is 9.97. The Labute approximate surface area is 105 Å². The molecule has 1 aromatic rings. The summed E-state index contributed by atoms with van der Waals surface area (Å²) in [4.78, 5) is 0. The molecule has 0 heterocycles. The lowest BCUT2D eigenvalue weighted by Crippen LogP contribution is -1.92. The number of aryl methyl sites for hydroxylation is 2. The van der Waals surface area contributed by atoms with Crippen LogP contribution in [0.1, 0.15) is 30.5 Å². The van der Waals surface area contributed by atoms with E-state index in [-0.39, 0.29) is 0 Å². The van der Waals surface area contributed by atoms with Crippen LogP contribution in [0.25, 0.3) is 0 Å². The molecule has 0 aromatic heterocycles. The van der Waals surface area contributed by atoms with Crippen molar-refractivity contribution in [1.29, 1.82) is 0 Å². The van der Waals surface area contributed by atoms with Gasteiger partial charge in [0.2, 0.25) is 0 Å². The van der Waals surface area contributed by atoms with E-state index in [0.29, 0.717) is 0 Å². The Bertz CT molecular complexity index is 459. The number of allylic oxidation sites excluding steroid dienone is 5. The third kappa shape index (κ3) is 4.07. The molecule has 0 radical (unpaired) electrons. The van der Waals surface area contributed by atoms with E-state index in [1.54, 1.807) is 0 Å². The van der Waals surface area contributed by atoms with Crippen molar-refractivity contribution in [3.63, 3.8) is 0 Å². The molecule has 0 heteroatoms. The molecule has 90 valence electrons. The first-order valence-corrected chi connectivity index (χ1v) is 6.08. The summed E-state index contributed by atoms with van der Waals surface area (Å²) in [6.07, 6.45) is 7.14. The highest BCUT2D eigenvalue weighted by atomic mass is 14.1. The van der Waals surface area contributed by atoms with Gasteiger partial charge in [-0.25, -0.2) is 0 Å². The Balaban J connectivity index is 2.78. The summed E-state index contributed by atoms with van der Waals surface area (Å²) >= 11 is 0. The predicted molar refractivity (Wildman–Crippen MR) is 77.3 cm³/mol. The fourth-order valence-electron chi connectivity index (χ4n) is 1.66. The van der Waals surface area contributed by atoms with E-state index in [2.05, 4.69) is 57.7 Å². The maximum absolute atomic E-state index is 4.15. The van der Waals surface area contributed by atoms with Crippen LogP contribution in [0.3, 0.4) is 0 Å². The van der Waals surface area contributed by atoms with Crippen molar-refractivity contribution in [2.24, 2.45) is 0 Å². The standard InChI is InChI=1S/C17H22/c1-6-7-8-13(2)15(4)11-17-10-9-14(3)16(5)12-17/h6-10,12H,4,11H2,1-3,5H3/b7-6-,13-8+. The van der Waals surface area contributed by atoms with Crippen molar-refractivity contribution in [2.75, 3.05) is 0 Å². The number of hydrogen-bond donors (Lipinski definition) is 0. The minimum Gasteiger partial charge on any atom is -0.0952 e. The Morgan fingerprint density at radius 2 is 1.94 bits per heavy atom. The number of rotatable bonds is 4. The van der Waals surface area contributed by atoms with Gasteiger partial charge < -0.3 is 0 Å². The maximum atomic E-state index is 4.15. The highest BCUT2D eigenvalue weighted by molar-refractivity contribution is 5.37. The highest BCUT2D eigenvalue weighted by Gasteiger charge is 2.00. The second-order valence-corrected chi connectivity index (χ2v) is 4.57. The van der Waals surface area contributed by atoms with Crippen molar-refractivity contribution in [2.45, 2.75) is 34.1 Å². The van der Waals surface area contributed by atoms with Gasteiger partial charge in [-0.3, -0.25) is 0 Å². The lowest BCUT2D eigenvalue weighted by Gasteiger charge is -2.08. The Kier molecular flexibility index (Phi) is 4.96. The van der Waals surface area contributed by atoms with Crippen LogP contribution in [0.5, 0.6) is 0 Å². The molecule has 0 N–H and O–H groups in total. The lowest BCUT2D eigenvalue weighted by molar-refractivity contribution is 1.14. The molecule has 0 aliphatic carbocycles. The first-order chi connectivity index (χ1) is 8.04. The predicted octanol–water partition coefficient (Wildman–Crippen LogP) is 4.92. The Morgan fingerprint density at radius 1 is 1.24 bits per heavy atom. The van der Waals surface area contributed by atoms with E-state index in [0.717, 1.165) is 6.42 Å². The van der Waals surface area contributed by atoms with Crippen molar-refractivity contribution in [1.82, 2.24) is 0 Å². The fraction of sp³-hybridized carbons (Fsp3) is 0.294. The van der Waals surface area contributed by atoms with Crippen molar-refractivity contribution < 1.29 is 0 Å². The fourth-order valence-corrected chi connectivity index (χ4v) is 1.66. The van der Waals surface area contributed by atoms with Crippen LogP contribution in [-0.4, -0.2) is 0 Å². The minimum absolute atomic E-state index is 0.932. The molecule has 0 aliphatic heterocycles. The zero-order valence-corrected chi connectivity index (χ0v) is 11.4. The van der Waals surface area contributed by atoms with Crippen LogP contribution < -0.4 is 0 Å². The normalized spacial score (nSPS) is 12.1. The van der Waals surface area contributed by atoms with Crippen LogP contribution in [0.2, 0.25) is 0 Å². The summed E-state index contributed by atoms with van der Waals surface area (Å²) in [7, 11) is 0. The molecule has 0 unspecified atom stereocenters. The van der Waals surface area contributed by atoms with Crippen LogP contribution >= 0.6 is 0 Å². The summed E-state index contributed by atoms with van der Waals surface area (Å²) in [5.74, 6) is 0. The van der Waals surface area contributed by atoms with Crippen LogP contribution in [-0.2, 0) is 6.42 Å². The number of benzene rings is 1. The van der Waals surface area contributed by atoms with Gasteiger partial charge in [0, 0.05) is 0 Å². The molecule has 0 atom stereocenters. The average Bonchev–Trinajstić information content (AvgIpc) is 2.30. The molecular formula is C17H22. The van der Waals surface area contributed by atoms with Gasteiger partial charge in [-0.2, -0.15) is 0 Å². The van der Waals surface area contributed by atoms with Gasteiger partial charge in [-0.1, -0.05) is 43.0 Å². The zero-order chi connectivity index (χ0) is 12.8. The van der Waals surface area contributed by atoms with E-state index < -0.39 is 0 Å². The smallest absolute Gasteiger partial charge is 0.00289 e. The molecule has 1 aromatic carbocycles. The van der Waals surface area contributed by atoms with Crippen LogP contribution in [0.15, 0.2) is 54.2 Å². The van der Waals surface area contributed by atoms with E-state index in [1.807, 2.05) is 13.0 Å². The van der Waals surface area contributed by atoms with Crippen molar-refractivity contribution in [3.05, 3.63) is 70.8 Å². The Morgan fingerprint density at radius 3 is 2.53 bits per heavy atom. The SMILES string of the molecule is C=C(Cc1ccc(C)c(C)c1)/C(C)=C/C=C\C. The third-order valence-corrected chi connectivity index (χ3v) is 3.09. The Hall–Kier alpha value is -1.56. The molecule has 0 fully saturated rings. The topological polar surface area (TPSA) is 0 Å². The molecule has 0 spiro atoms. The van der Waals surface area contributed by atoms with E-state index in [1.165, 1.54) is 27.8 Å². The second kappa shape index (κ2) is 6.24. The van der Waals surface area contributed by atoms with E-state index >= 15 is 0 Å². The quantitative estimate of drug-likeness (QED) is 0.639. The molecule has 0 saturated carbocycles. The van der Waals surface area contributed by atoms with Gasteiger partial charge >= 0.3 is 0 Å². The van der Waals surface area contributed by atoms with Crippen molar-refractivity contribution >= 4 is 0 Å². The van der Waals surface area contributed by atoms with E-state index in [4.69, 9.17) is 0 Å². The minimum atomic E-state index is 0.932. The monoisotopic (exact) mass is 226 g/mol. The summed E-state index contributed by atoms with van der Waals surface area (Å²) in [6, 6.07) is 6.63. The molecule has 0 nitrogen and oxygen atoms in total. The average molecular weight is 226 g/mol. The van der Waals surface area contributed by atoms with Gasteiger partial charge in [0.25, 0.3) is 0 Å². The highest BCUT2D eigenvalue weighted by Crippen LogP contribution is 2.17. The molecule has 17 heavy (non-hydrogen) atoms. The first-order valence-electron chi connectivity index (χ1n) is 6.08.